The Hall–Kier alpha value is -1.96. The number of amides is 1. The molecule has 2 aromatic rings. The Morgan fingerprint density at radius 1 is 1.27 bits per heavy atom. The zero-order valence-corrected chi connectivity index (χ0v) is 20.9. The van der Waals surface area contributed by atoms with E-state index in [1.54, 1.807) is 11.3 Å². The third-order valence-electron chi connectivity index (χ3n) is 8.02. The van der Waals surface area contributed by atoms with Crippen LogP contribution in [-0.4, -0.2) is 39.9 Å². The summed E-state index contributed by atoms with van der Waals surface area (Å²) in [4.78, 5) is 19.1. The average Bonchev–Trinajstić information content (AvgIpc) is 3.19. The van der Waals surface area contributed by atoms with Crippen molar-refractivity contribution in [3.8, 4) is 0 Å². The smallest absolute Gasteiger partial charge is 0.220 e. The van der Waals surface area contributed by atoms with Gasteiger partial charge < -0.3 is 20.8 Å². The van der Waals surface area contributed by atoms with Gasteiger partial charge in [-0.05, 0) is 50.0 Å². The fraction of sp³-hybridized carbons (Fsp3) is 0.615. The lowest BCUT2D eigenvalue weighted by molar-refractivity contribution is -0.144. The molecule has 7 heteroatoms. The Kier molecular flexibility index (Phi) is 6.85. The van der Waals surface area contributed by atoms with Gasteiger partial charge in [0.15, 0.2) is 5.13 Å². The predicted molar refractivity (Wildman–Crippen MR) is 132 cm³/mol. The van der Waals surface area contributed by atoms with E-state index in [1.807, 2.05) is 39.0 Å². The molecule has 4 rings (SSSR count). The summed E-state index contributed by atoms with van der Waals surface area (Å²) in [5, 5.41) is 28.6. The second-order valence-corrected chi connectivity index (χ2v) is 11.7. The summed E-state index contributed by atoms with van der Waals surface area (Å²) in [7, 11) is 0. The summed E-state index contributed by atoms with van der Waals surface area (Å²) >= 11 is 1.65. The van der Waals surface area contributed by atoms with E-state index in [-0.39, 0.29) is 35.8 Å². The number of carbonyl (C=O) groups is 1. The van der Waals surface area contributed by atoms with Crippen molar-refractivity contribution >= 4 is 22.4 Å². The average molecular weight is 472 g/mol. The van der Waals surface area contributed by atoms with Crippen molar-refractivity contribution in [2.75, 3.05) is 11.9 Å². The molecule has 180 valence electrons. The molecular formula is C26H37N3O3S. The van der Waals surface area contributed by atoms with E-state index in [0.717, 1.165) is 23.7 Å². The number of hydrogen-bond donors (Lipinski definition) is 4. The monoisotopic (exact) mass is 471 g/mol. The maximum atomic E-state index is 12.9. The number of aliphatic hydroxyl groups is 2. The molecule has 5 atom stereocenters. The number of thiazole rings is 1. The van der Waals surface area contributed by atoms with E-state index in [4.69, 9.17) is 4.98 Å². The SMILES string of the molecule is CC(C)NC(=O)C[C@H]1c2nc(NCc3ccccc3)sc2C[C@H]2[C@](C)(CO)[C@H](O)CC[C@]21C. The van der Waals surface area contributed by atoms with Crippen LogP contribution in [0.5, 0.6) is 0 Å². The molecule has 2 aliphatic rings. The third-order valence-corrected chi connectivity index (χ3v) is 9.07. The van der Waals surface area contributed by atoms with Crippen molar-refractivity contribution in [1.82, 2.24) is 10.3 Å². The number of aliphatic hydroxyl groups excluding tert-OH is 2. The highest BCUT2D eigenvalue weighted by molar-refractivity contribution is 7.15. The van der Waals surface area contributed by atoms with Crippen LogP contribution in [0.4, 0.5) is 5.13 Å². The van der Waals surface area contributed by atoms with Crippen LogP contribution in [0.3, 0.4) is 0 Å². The van der Waals surface area contributed by atoms with Gasteiger partial charge in [-0.15, -0.1) is 11.3 Å². The molecule has 1 saturated carbocycles. The molecule has 1 amide bonds. The predicted octanol–water partition coefficient (Wildman–Crippen LogP) is 4.09. The zero-order chi connectivity index (χ0) is 23.8. The Labute approximate surface area is 200 Å². The van der Waals surface area contributed by atoms with Crippen molar-refractivity contribution in [1.29, 1.82) is 0 Å². The van der Waals surface area contributed by atoms with E-state index in [0.29, 0.717) is 19.4 Å². The van der Waals surface area contributed by atoms with Gasteiger partial charge in [-0.25, -0.2) is 4.98 Å². The molecule has 4 N–H and O–H groups in total. The summed E-state index contributed by atoms with van der Waals surface area (Å²) < 4.78 is 0. The number of nitrogens with one attached hydrogen (secondary N) is 2. The van der Waals surface area contributed by atoms with E-state index >= 15 is 0 Å². The van der Waals surface area contributed by atoms with Crippen LogP contribution in [0.1, 0.15) is 69.0 Å². The first kappa shape index (κ1) is 24.2. The molecule has 0 radical (unpaired) electrons. The topological polar surface area (TPSA) is 94.5 Å². The lowest BCUT2D eigenvalue weighted by Gasteiger charge is -2.58. The maximum absolute atomic E-state index is 12.9. The summed E-state index contributed by atoms with van der Waals surface area (Å²) in [5.74, 6) is 0.0591. The number of benzene rings is 1. The Morgan fingerprint density at radius 3 is 2.67 bits per heavy atom. The van der Waals surface area contributed by atoms with Gasteiger partial charge in [0.05, 0.1) is 18.4 Å². The second kappa shape index (κ2) is 9.35. The molecule has 6 nitrogen and oxygen atoms in total. The molecule has 33 heavy (non-hydrogen) atoms. The minimum atomic E-state index is -0.598. The number of nitrogens with zero attached hydrogens (tertiary/aromatic N) is 1. The molecule has 1 aromatic heterocycles. The van der Waals surface area contributed by atoms with Gasteiger partial charge in [-0.2, -0.15) is 0 Å². The number of fused-ring (bicyclic) bond motifs is 2. The van der Waals surface area contributed by atoms with Gasteiger partial charge in [0.2, 0.25) is 5.91 Å². The van der Waals surface area contributed by atoms with E-state index < -0.39 is 11.5 Å². The Bertz CT molecular complexity index is 978. The molecule has 0 unspecified atom stereocenters. The van der Waals surface area contributed by atoms with E-state index in [1.165, 1.54) is 10.4 Å². The summed E-state index contributed by atoms with van der Waals surface area (Å²) in [5.41, 5.74) is 1.39. The highest BCUT2D eigenvalue weighted by Gasteiger charge is 2.59. The molecule has 0 aliphatic heterocycles. The highest BCUT2D eigenvalue weighted by atomic mass is 32.1. The molecular weight excluding hydrogens is 434 g/mol. The van der Waals surface area contributed by atoms with Crippen LogP contribution in [-0.2, 0) is 17.8 Å². The molecule has 2 aliphatic carbocycles. The number of rotatable bonds is 7. The van der Waals surface area contributed by atoms with Gasteiger partial charge in [-0.1, -0.05) is 44.2 Å². The summed E-state index contributed by atoms with van der Waals surface area (Å²) in [6.45, 7) is 8.83. The number of carbonyl (C=O) groups excluding carboxylic acids is 1. The largest absolute Gasteiger partial charge is 0.396 e. The van der Waals surface area contributed by atoms with Crippen LogP contribution in [0, 0.1) is 16.7 Å². The van der Waals surface area contributed by atoms with Crippen molar-refractivity contribution in [3.05, 3.63) is 46.5 Å². The molecule has 1 aromatic carbocycles. The number of hydrogen-bond acceptors (Lipinski definition) is 6. The normalized spacial score (nSPS) is 31.1. The van der Waals surface area contributed by atoms with Crippen molar-refractivity contribution in [3.63, 3.8) is 0 Å². The standard InChI is InChI=1S/C26H37N3O3S/c1-16(2)28-22(32)12-18-23-19(33-24(29-23)27-14-17-8-6-5-7-9-17)13-20-25(18,3)11-10-21(31)26(20,4)15-30/h5-9,16,18,20-21,30-31H,10-15H2,1-4H3,(H,27,29)(H,28,32)/t18-,20+,21+,25-,26-/m0/s1. The maximum Gasteiger partial charge on any atom is 0.220 e. The number of anilines is 1. The quantitative estimate of drug-likeness (QED) is 0.488. The van der Waals surface area contributed by atoms with Gasteiger partial charge >= 0.3 is 0 Å². The first-order valence-corrected chi connectivity index (χ1v) is 12.8. The fourth-order valence-corrected chi connectivity index (χ4v) is 7.13. The van der Waals surface area contributed by atoms with Gasteiger partial charge in [0, 0.05) is 35.2 Å². The zero-order valence-electron chi connectivity index (χ0n) is 20.1. The Morgan fingerprint density at radius 2 is 2.00 bits per heavy atom. The van der Waals surface area contributed by atoms with Gasteiger partial charge in [0.25, 0.3) is 0 Å². The first-order chi connectivity index (χ1) is 15.7. The second-order valence-electron chi connectivity index (χ2n) is 10.6. The molecule has 0 spiro atoms. The highest BCUT2D eigenvalue weighted by Crippen LogP contribution is 2.62. The Balaban J connectivity index is 1.68. The molecule has 0 bridgehead atoms. The summed E-state index contributed by atoms with van der Waals surface area (Å²) in [6.07, 6.45) is 2.05. The first-order valence-electron chi connectivity index (χ1n) is 12.0. The van der Waals surface area contributed by atoms with E-state index in [2.05, 4.69) is 29.7 Å². The number of aromatic nitrogens is 1. The lowest BCUT2D eigenvalue weighted by Crippen LogP contribution is -2.57. The third kappa shape index (κ3) is 4.55. The van der Waals surface area contributed by atoms with Crippen molar-refractivity contribution < 1.29 is 15.0 Å². The van der Waals surface area contributed by atoms with Gasteiger partial charge in [0.1, 0.15) is 0 Å². The summed E-state index contributed by atoms with van der Waals surface area (Å²) in [6, 6.07) is 10.3. The van der Waals surface area contributed by atoms with Crippen molar-refractivity contribution in [2.24, 2.45) is 16.7 Å². The van der Waals surface area contributed by atoms with Crippen LogP contribution < -0.4 is 10.6 Å². The minimum absolute atomic E-state index is 0.0337. The van der Waals surface area contributed by atoms with E-state index in [9.17, 15) is 15.0 Å². The van der Waals surface area contributed by atoms with Crippen LogP contribution in [0.15, 0.2) is 30.3 Å². The minimum Gasteiger partial charge on any atom is -0.396 e. The van der Waals surface area contributed by atoms with Gasteiger partial charge in [-0.3, -0.25) is 4.79 Å². The van der Waals surface area contributed by atoms with Crippen LogP contribution >= 0.6 is 11.3 Å². The van der Waals surface area contributed by atoms with Crippen LogP contribution in [0.25, 0.3) is 0 Å². The van der Waals surface area contributed by atoms with Crippen LogP contribution in [0.2, 0.25) is 0 Å². The molecule has 1 fully saturated rings. The fourth-order valence-electron chi connectivity index (χ4n) is 6.06. The molecule has 0 saturated heterocycles. The lowest BCUT2D eigenvalue weighted by atomic mass is 9.47. The molecule has 1 heterocycles. The van der Waals surface area contributed by atoms with Crippen molar-refractivity contribution in [2.45, 2.75) is 78.0 Å².